The smallest absolute Gasteiger partial charge is 0.263 e. The Hall–Kier alpha value is -1.62. The number of hydrogen-bond donors (Lipinski definition) is 2. The Balaban J connectivity index is 2.43. The third-order valence-corrected chi connectivity index (χ3v) is 3.34. The van der Waals surface area contributed by atoms with Crippen molar-refractivity contribution in [2.75, 3.05) is 5.73 Å². The Morgan fingerprint density at radius 1 is 1.47 bits per heavy atom. The number of carbonyl (C=O) groups excluding carboxylic acids is 1. The second-order valence-corrected chi connectivity index (χ2v) is 5.95. The number of rotatable bonds is 1. The number of amides is 1. The summed E-state index contributed by atoms with van der Waals surface area (Å²) in [6.07, 6.45) is 1.68. The number of anilines is 1. The number of carbonyl (C=O) groups is 1. The largest absolute Gasteiger partial charge is 0.396 e. The van der Waals surface area contributed by atoms with Crippen molar-refractivity contribution < 1.29 is 4.79 Å². The Labute approximate surface area is 104 Å². The first-order valence-corrected chi connectivity index (χ1v) is 6.15. The SMILES string of the molecule is CC(C)(C)NC(=O)c1sc2cccnc2c1N. The number of aromatic nitrogens is 1. The normalized spacial score (nSPS) is 11.7. The van der Waals surface area contributed by atoms with Crippen molar-refractivity contribution in [2.45, 2.75) is 26.3 Å². The molecule has 0 aliphatic heterocycles. The van der Waals surface area contributed by atoms with Crippen molar-refractivity contribution in [1.29, 1.82) is 0 Å². The maximum atomic E-state index is 12.0. The maximum Gasteiger partial charge on any atom is 0.263 e. The lowest BCUT2D eigenvalue weighted by molar-refractivity contribution is 0.0924. The Morgan fingerprint density at radius 2 is 2.18 bits per heavy atom. The second kappa shape index (κ2) is 4.00. The molecule has 2 aromatic rings. The Kier molecular flexibility index (Phi) is 2.79. The molecule has 2 heterocycles. The van der Waals surface area contributed by atoms with Gasteiger partial charge in [-0.2, -0.15) is 0 Å². The van der Waals surface area contributed by atoms with E-state index in [0.29, 0.717) is 16.1 Å². The van der Waals surface area contributed by atoms with Crippen LogP contribution in [0.2, 0.25) is 0 Å². The first kappa shape index (κ1) is 11.9. The molecule has 0 unspecified atom stereocenters. The number of fused-ring (bicyclic) bond motifs is 1. The fourth-order valence-electron chi connectivity index (χ4n) is 1.51. The molecule has 4 nitrogen and oxygen atoms in total. The third-order valence-electron chi connectivity index (χ3n) is 2.18. The van der Waals surface area contributed by atoms with Gasteiger partial charge in [0.05, 0.1) is 10.4 Å². The van der Waals surface area contributed by atoms with Crippen molar-refractivity contribution in [1.82, 2.24) is 10.3 Å². The molecule has 2 rings (SSSR count). The molecule has 0 saturated carbocycles. The van der Waals surface area contributed by atoms with E-state index in [1.807, 2.05) is 32.9 Å². The zero-order chi connectivity index (χ0) is 12.6. The fraction of sp³-hybridized carbons (Fsp3) is 0.333. The van der Waals surface area contributed by atoms with E-state index in [1.165, 1.54) is 11.3 Å². The van der Waals surface area contributed by atoms with Crippen molar-refractivity contribution in [3.8, 4) is 0 Å². The van der Waals surface area contributed by atoms with Crippen LogP contribution in [0.4, 0.5) is 5.69 Å². The highest BCUT2D eigenvalue weighted by molar-refractivity contribution is 7.21. The number of pyridine rings is 1. The summed E-state index contributed by atoms with van der Waals surface area (Å²) < 4.78 is 0.934. The van der Waals surface area contributed by atoms with E-state index >= 15 is 0 Å². The van der Waals surface area contributed by atoms with Crippen LogP contribution < -0.4 is 11.1 Å². The lowest BCUT2D eigenvalue weighted by atomic mass is 10.1. The van der Waals surface area contributed by atoms with Crippen LogP contribution in [0.1, 0.15) is 30.4 Å². The van der Waals surface area contributed by atoms with E-state index in [1.54, 1.807) is 6.20 Å². The molecular weight excluding hydrogens is 234 g/mol. The van der Waals surface area contributed by atoms with Crippen LogP contribution in [0.15, 0.2) is 18.3 Å². The molecule has 0 aliphatic rings. The summed E-state index contributed by atoms with van der Waals surface area (Å²) in [6, 6.07) is 3.75. The van der Waals surface area contributed by atoms with E-state index < -0.39 is 0 Å². The molecule has 90 valence electrons. The monoisotopic (exact) mass is 249 g/mol. The molecule has 3 N–H and O–H groups in total. The summed E-state index contributed by atoms with van der Waals surface area (Å²) in [5, 5.41) is 2.90. The van der Waals surface area contributed by atoms with Gasteiger partial charge in [-0.1, -0.05) is 0 Å². The molecule has 17 heavy (non-hydrogen) atoms. The highest BCUT2D eigenvalue weighted by Gasteiger charge is 2.21. The number of hydrogen-bond acceptors (Lipinski definition) is 4. The quantitative estimate of drug-likeness (QED) is 0.815. The van der Waals surface area contributed by atoms with Gasteiger partial charge in [0, 0.05) is 11.7 Å². The van der Waals surface area contributed by atoms with Gasteiger partial charge in [-0.05, 0) is 32.9 Å². The molecular formula is C12H15N3OS. The van der Waals surface area contributed by atoms with Crippen molar-refractivity contribution in [3.63, 3.8) is 0 Å². The van der Waals surface area contributed by atoms with Crippen LogP contribution in [0.25, 0.3) is 10.2 Å². The van der Waals surface area contributed by atoms with Crippen molar-refractivity contribution >= 4 is 33.1 Å². The average Bonchev–Trinajstić information content (AvgIpc) is 2.55. The van der Waals surface area contributed by atoms with Gasteiger partial charge in [-0.25, -0.2) is 0 Å². The summed E-state index contributed by atoms with van der Waals surface area (Å²) in [7, 11) is 0. The maximum absolute atomic E-state index is 12.0. The molecule has 0 aliphatic carbocycles. The molecule has 0 spiro atoms. The van der Waals surface area contributed by atoms with E-state index in [9.17, 15) is 4.79 Å². The molecule has 0 atom stereocenters. The molecule has 0 radical (unpaired) electrons. The topological polar surface area (TPSA) is 68.0 Å². The minimum atomic E-state index is -0.271. The molecule has 1 amide bonds. The zero-order valence-electron chi connectivity index (χ0n) is 10.1. The minimum Gasteiger partial charge on any atom is -0.396 e. The summed E-state index contributed by atoms with van der Waals surface area (Å²) in [5.74, 6) is -0.141. The molecule has 0 aromatic carbocycles. The fourth-order valence-corrected chi connectivity index (χ4v) is 2.49. The summed E-state index contributed by atoms with van der Waals surface area (Å²) in [4.78, 5) is 16.8. The van der Waals surface area contributed by atoms with Crippen LogP contribution in [-0.4, -0.2) is 16.4 Å². The summed E-state index contributed by atoms with van der Waals surface area (Å²) >= 11 is 1.37. The average molecular weight is 249 g/mol. The van der Waals surface area contributed by atoms with Crippen LogP contribution in [-0.2, 0) is 0 Å². The van der Waals surface area contributed by atoms with E-state index in [4.69, 9.17) is 5.73 Å². The number of thiophene rings is 1. The van der Waals surface area contributed by atoms with Crippen molar-refractivity contribution in [3.05, 3.63) is 23.2 Å². The standard InChI is InChI=1S/C12H15N3OS/c1-12(2,3)15-11(16)10-8(13)9-7(17-10)5-4-6-14-9/h4-6H,13H2,1-3H3,(H,15,16). The van der Waals surface area contributed by atoms with Gasteiger partial charge in [-0.15, -0.1) is 11.3 Å². The predicted octanol–water partition coefficient (Wildman–Crippen LogP) is 2.41. The summed E-state index contributed by atoms with van der Waals surface area (Å²) in [6.45, 7) is 5.81. The lowest BCUT2D eigenvalue weighted by Crippen LogP contribution is -2.40. The van der Waals surface area contributed by atoms with Gasteiger partial charge in [0.15, 0.2) is 0 Å². The number of nitrogens with two attached hydrogens (primary N) is 1. The van der Waals surface area contributed by atoms with Gasteiger partial charge >= 0.3 is 0 Å². The van der Waals surface area contributed by atoms with Gasteiger partial charge in [-0.3, -0.25) is 9.78 Å². The third kappa shape index (κ3) is 2.39. The number of nitrogens with one attached hydrogen (secondary N) is 1. The minimum absolute atomic E-state index is 0.141. The predicted molar refractivity (Wildman–Crippen MR) is 71.3 cm³/mol. The van der Waals surface area contributed by atoms with Crippen LogP contribution >= 0.6 is 11.3 Å². The molecule has 0 saturated heterocycles. The molecule has 0 bridgehead atoms. The van der Waals surface area contributed by atoms with Gasteiger partial charge in [0.1, 0.15) is 10.4 Å². The van der Waals surface area contributed by atoms with E-state index in [-0.39, 0.29) is 11.4 Å². The Morgan fingerprint density at radius 3 is 2.76 bits per heavy atom. The molecule has 5 heteroatoms. The van der Waals surface area contributed by atoms with Crippen LogP contribution in [0, 0.1) is 0 Å². The van der Waals surface area contributed by atoms with Crippen molar-refractivity contribution in [2.24, 2.45) is 0 Å². The zero-order valence-corrected chi connectivity index (χ0v) is 10.9. The first-order chi connectivity index (χ1) is 7.88. The van der Waals surface area contributed by atoms with Gasteiger partial charge in [0.2, 0.25) is 0 Å². The van der Waals surface area contributed by atoms with E-state index in [2.05, 4.69) is 10.3 Å². The van der Waals surface area contributed by atoms with Gasteiger partial charge in [0.25, 0.3) is 5.91 Å². The Bertz CT molecular complexity index is 569. The number of nitrogens with zero attached hydrogens (tertiary/aromatic N) is 1. The van der Waals surface area contributed by atoms with Gasteiger partial charge < -0.3 is 11.1 Å². The lowest BCUT2D eigenvalue weighted by Gasteiger charge is -2.19. The van der Waals surface area contributed by atoms with Crippen LogP contribution in [0.3, 0.4) is 0 Å². The van der Waals surface area contributed by atoms with Crippen LogP contribution in [0.5, 0.6) is 0 Å². The van der Waals surface area contributed by atoms with E-state index in [0.717, 1.165) is 4.70 Å². The highest BCUT2D eigenvalue weighted by Crippen LogP contribution is 2.31. The number of nitrogen functional groups attached to an aromatic ring is 1. The first-order valence-electron chi connectivity index (χ1n) is 5.34. The molecule has 0 fully saturated rings. The summed E-state index contributed by atoms with van der Waals surface area (Å²) in [5.41, 5.74) is 6.85. The molecule has 2 aromatic heterocycles. The second-order valence-electron chi connectivity index (χ2n) is 4.90. The highest BCUT2D eigenvalue weighted by atomic mass is 32.1.